The predicted octanol–water partition coefficient (Wildman–Crippen LogP) is 0.785. The molecule has 0 bridgehead atoms. The second-order valence-electron chi connectivity index (χ2n) is 6.08. The molecule has 1 saturated heterocycles. The molecule has 3 N–H and O–H groups in total. The number of primary sulfonamides is 1. The summed E-state index contributed by atoms with van der Waals surface area (Å²) in [4.78, 5) is 25.6. The van der Waals surface area contributed by atoms with Crippen molar-refractivity contribution < 1.29 is 27.5 Å². The number of carboxylic acids is 1. The molecule has 8 nitrogen and oxygen atoms in total. The van der Waals surface area contributed by atoms with Crippen molar-refractivity contribution in [2.45, 2.75) is 49.3 Å². The number of furan rings is 1. The first kappa shape index (κ1) is 16.0. The number of fused-ring (bicyclic) bond motifs is 1. The van der Waals surface area contributed by atoms with Gasteiger partial charge in [0.2, 0.25) is 5.09 Å². The summed E-state index contributed by atoms with van der Waals surface area (Å²) in [5.41, 5.74) is 0. The molecule has 0 aromatic carbocycles. The molecule has 1 saturated carbocycles. The van der Waals surface area contributed by atoms with Gasteiger partial charge in [-0.3, -0.25) is 4.79 Å². The molecule has 1 amide bonds. The first-order valence-corrected chi connectivity index (χ1v) is 9.02. The van der Waals surface area contributed by atoms with Crippen molar-refractivity contribution >= 4 is 21.9 Å². The molecule has 0 radical (unpaired) electrons. The van der Waals surface area contributed by atoms with E-state index in [1.54, 1.807) is 0 Å². The van der Waals surface area contributed by atoms with Crippen molar-refractivity contribution in [2.24, 2.45) is 11.1 Å². The van der Waals surface area contributed by atoms with Gasteiger partial charge in [0, 0.05) is 6.04 Å². The minimum Gasteiger partial charge on any atom is -0.480 e. The second-order valence-corrected chi connectivity index (χ2v) is 7.57. The molecule has 2 aliphatic rings. The molecule has 0 spiro atoms. The van der Waals surface area contributed by atoms with Crippen LogP contribution in [0.25, 0.3) is 0 Å². The molecule has 9 heteroatoms. The van der Waals surface area contributed by atoms with Gasteiger partial charge in [-0.1, -0.05) is 12.8 Å². The Balaban J connectivity index is 1.92. The molecule has 0 unspecified atom stereocenters. The quantitative estimate of drug-likeness (QED) is 0.834. The number of carbonyl (C=O) groups excluding carboxylic acids is 1. The third-order valence-electron chi connectivity index (χ3n) is 4.68. The largest absolute Gasteiger partial charge is 0.480 e. The normalized spacial score (nSPS) is 27.7. The van der Waals surface area contributed by atoms with Gasteiger partial charge in [0.05, 0.1) is 0 Å². The molecule has 1 aromatic rings. The lowest BCUT2D eigenvalue weighted by atomic mass is 9.84. The summed E-state index contributed by atoms with van der Waals surface area (Å²) in [7, 11) is -4.05. The molecule has 1 aliphatic carbocycles. The fourth-order valence-electron chi connectivity index (χ4n) is 3.69. The molecule has 3 atom stereocenters. The molecule has 23 heavy (non-hydrogen) atoms. The monoisotopic (exact) mass is 342 g/mol. The summed E-state index contributed by atoms with van der Waals surface area (Å²) < 4.78 is 27.5. The van der Waals surface area contributed by atoms with Crippen molar-refractivity contribution in [2.75, 3.05) is 0 Å². The maximum absolute atomic E-state index is 12.7. The van der Waals surface area contributed by atoms with Crippen LogP contribution in [-0.4, -0.2) is 42.4 Å². The van der Waals surface area contributed by atoms with E-state index in [0.29, 0.717) is 6.42 Å². The van der Waals surface area contributed by atoms with Crippen molar-refractivity contribution in [3.8, 4) is 0 Å². The Morgan fingerprint density at radius 3 is 2.57 bits per heavy atom. The van der Waals surface area contributed by atoms with Crippen LogP contribution in [0.5, 0.6) is 0 Å². The van der Waals surface area contributed by atoms with Gasteiger partial charge in [-0.25, -0.2) is 18.4 Å². The van der Waals surface area contributed by atoms with E-state index >= 15 is 0 Å². The smallest absolute Gasteiger partial charge is 0.326 e. The number of sulfonamides is 1. The number of hydrogen-bond donors (Lipinski definition) is 2. The summed E-state index contributed by atoms with van der Waals surface area (Å²) >= 11 is 0. The summed E-state index contributed by atoms with van der Waals surface area (Å²) in [6.45, 7) is 0. The van der Waals surface area contributed by atoms with E-state index in [1.807, 2.05) is 0 Å². The summed E-state index contributed by atoms with van der Waals surface area (Å²) in [5, 5.41) is 13.9. The first-order chi connectivity index (χ1) is 10.8. The molecule has 1 aliphatic heterocycles. The highest BCUT2D eigenvalue weighted by atomic mass is 32.2. The number of nitrogens with two attached hydrogens (primary N) is 1. The number of amides is 1. The molecule has 1 aromatic heterocycles. The Kier molecular flexibility index (Phi) is 3.93. The summed E-state index contributed by atoms with van der Waals surface area (Å²) in [5.74, 6) is -1.68. The average molecular weight is 342 g/mol. The van der Waals surface area contributed by atoms with Crippen LogP contribution in [0.1, 0.15) is 42.7 Å². The number of nitrogens with zero attached hydrogens (tertiary/aromatic N) is 1. The molecular formula is C14H18N2O6S. The standard InChI is InChI=1S/C14H18N2O6S/c15-23(20,21)12-6-5-11(22-12)13(17)16-9-4-2-1-3-8(9)7-10(16)14(18)19/h5-6,8-10H,1-4,7H2,(H,18,19)(H2,15,20,21)/t8-,9+,10-/m0/s1. The lowest BCUT2D eigenvalue weighted by Gasteiger charge is -2.32. The number of rotatable bonds is 3. The van der Waals surface area contributed by atoms with Crippen molar-refractivity contribution in [3.63, 3.8) is 0 Å². The minimum atomic E-state index is -4.05. The topological polar surface area (TPSA) is 131 Å². The van der Waals surface area contributed by atoms with Crippen LogP contribution < -0.4 is 5.14 Å². The fraction of sp³-hybridized carbons (Fsp3) is 0.571. The SMILES string of the molecule is NS(=O)(=O)c1ccc(C(=O)N2[C@@H]3CCCC[C@H]3C[C@H]2C(=O)O)o1. The molecule has 2 fully saturated rings. The van der Waals surface area contributed by atoms with Crippen LogP contribution in [0.2, 0.25) is 0 Å². The Labute approximate surface area is 133 Å². The summed E-state index contributed by atoms with van der Waals surface area (Å²) in [6, 6.07) is 1.28. The van der Waals surface area contributed by atoms with Crippen molar-refractivity contribution in [1.29, 1.82) is 0 Å². The third-order valence-corrected chi connectivity index (χ3v) is 5.46. The Morgan fingerprint density at radius 1 is 1.26 bits per heavy atom. The van der Waals surface area contributed by atoms with Gasteiger partial charge in [-0.05, 0) is 37.3 Å². The maximum Gasteiger partial charge on any atom is 0.326 e. The van der Waals surface area contributed by atoms with E-state index in [9.17, 15) is 23.1 Å². The van der Waals surface area contributed by atoms with E-state index in [0.717, 1.165) is 31.7 Å². The number of aliphatic carboxylic acids is 1. The first-order valence-electron chi connectivity index (χ1n) is 7.47. The van der Waals surface area contributed by atoms with Crippen LogP contribution >= 0.6 is 0 Å². The lowest BCUT2D eigenvalue weighted by Crippen LogP contribution is -2.46. The third kappa shape index (κ3) is 2.86. The van der Waals surface area contributed by atoms with Gasteiger partial charge in [0.15, 0.2) is 5.76 Å². The van der Waals surface area contributed by atoms with Crippen molar-refractivity contribution in [3.05, 3.63) is 17.9 Å². The van der Waals surface area contributed by atoms with Gasteiger partial charge >= 0.3 is 5.97 Å². The molecule has 2 heterocycles. The second kappa shape index (κ2) is 5.64. The van der Waals surface area contributed by atoms with Gasteiger partial charge in [0.1, 0.15) is 6.04 Å². The van der Waals surface area contributed by atoms with Crippen LogP contribution in [0.15, 0.2) is 21.6 Å². The highest BCUT2D eigenvalue weighted by Crippen LogP contribution is 2.40. The number of likely N-dealkylation sites (tertiary alicyclic amines) is 1. The van der Waals surface area contributed by atoms with Gasteiger partial charge in [-0.2, -0.15) is 0 Å². The van der Waals surface area contributed by atoms with E-state index in [4.69, 9.17) is 9.56 Å². The van der Waals surface area contributed by atoms with E-state index in [2.05, 4.69) is 0 Å². The highest BCUT2D eigenvalue weighted by Gasteiger charge is 2.48. The fourth-order valence-corrected chi connectivity index (χ4v) is 4.15. The number of hydrogen-bond acceptors (Lipinski definition) is 5. The zero-order valence-corrected chi connectivity index (χ0v) is 13.2. The maximum atomic E-state index is 12.7. The summed E-state index contributed by atoms with van der Waals surface area (Å²) in [6.07, 6.45) is 4.06. The van der Waals surface area contributed by atoms with Gasteiger partial charge < -0.3 is 14.4 Å². The van der Waals surface area contributed by atoms with Crippen LogP contribution in [-0.2, 0) is 14.8 Å². The van der Waals surface area contributed by atoms with Gasteiger partial charge in [0.25, 0.3) is 15.9 Å². The van der Waals surface area contributed by atoms with Crippen molar-refractivity contribution in [1.82, 2.24) is 4.90 Å². The Hall–Kier alpha value is -1.87. The van der Waals surface area contributed by atoms with E-state index in [-0.39, 0.29) is 17.7 Å². The zero-order chi connectivity index (χ0) is 16.8. The number of carbonyl (C=O) groups is 2. The van der Waals surface area contributed by atoms with E-state index in [1.165, 1.54) is 11.0 Å². The van der Waals surface area contributed by atoms with Gasteiger partial charge in [-0.15, -0.1) is 0 Å². The minimum absolute atomic E-state index is 0.139. The van der Waals surface area contributed by atoms with Crippen LogP contribution in [0.3, 0.4) is 0 Å². The lowest BCUT2D eigenvalue weighted by molar-refractivity contribution is -0.141. The van der Waals surface area contributed by atoms with E-state index < -0.39 is 33.0 Å². The highest BCUT2D eigenvalue weighted by molar-refractivity contribution is 7.89. The molecule has 126 valence electrons. The number of carboxylic acid groups (broad SMARTS) is 1. The average Bonchev–Trinajstić information content (AvgIpc) is 3.11. The zero-order valence-electron chi connectivity index (χ0n) is 12.3. The Morgan fingerprint density at radius 2 is 1.96 bits per heavy atom. The molecular weight excluding hydrogens is 324 g/mol. The predicted molar refractivity (Wildman–Crippen MR) is 78.0 cm³/mol. The van der Waals surface area contributed by atoms with Crippen LogP contribution in [0, 0.1) is 5.92 Å². The molecule has 3 rings (SSSR count). The van der Waals surface area contributed by atoms with Crippen LogP contribution in [0.4, 0.5) is 0 Å². The Bertz CT molecular complexity index is 740.